The Balaban J connectivity index is 2.29. The van der Waals surface area contributed by atoms with Gasteiger partial charge in [-0.15, -0.1) is 0 Å². The van der Waals surface area contributed by atoms with Crippen LogP contribution in [0.25, 0.3) is 0 Å². The normalized spacial score (nSPS) is 19.0. The van der Waals surface area contributed by atoms with Crippen molar-refractivity contribution in [2.75, 3.05) is 13.1 Å². The molecular weight excluding hydrogens is 200 g/mol. The van der Waals surface area contributed by atoms with E-state index in [0.29, 0.717) is 6.54 Å². The third kappa shape index (κ3) is 3.48. The van der Waals surface area contributed by atoms with Gasteiger partial charge in [0.2, 0.25) is 5.91 Å². The number of carbonyl (C=O) groups excluding carboxylic acids is 1. The number of carbonyl (C=O) groups is 1. The molecular formula is C13H26N2O. The van der Waals surface area contributed by atoms with Crippen LogP contribution in [-0.4, -0.2) is 19.0 Å². The van der Waals surface area contributed by atoms with Crippen LogP contribution in [0.15, 0.2) is 0 Å². The average molecular weight is 226 g/mol. The fraction of sp³-hybridized carbons (Fsp3) is 0.923. The summed E-state index contributed by atoms with van der Waals surface area (Å²) >= 11 is 0. The van der Waals surface area contributed by atoms with E-state index in [1.807, 2.05) is 6.92 Å². The molecule has 0 bridgehead atoms. The molecule has 0 spiro atoms. The van der Waals surface area contributed by atoms with E-state index in [4.69, 9.17) is 5.73 Å². The van der Waals surface area contributed by atoms with Gasteiger partial charge < -0.3 is 11.1 Å². The van der Waals surface area contributed by atoms with E-state index in [2.05, 4.69) is 19.2 Å². The van der Waals surface area contributed by atoms with Gasteiger partial charge in [-0.3, -0.25) is 4.79 Å². The van der Waals surface area contributed by atoms with Crippen LogP contribution < -0.4 is 11.1 Å². The van der Waals surface area contributed by atoms with Gasteiger partial charge in [0.15, 0.2) is 0 Å². The number of hydrogen-bond donors (Lipinski definition) is 2. The monoisotopic (exact) mass is 226 g/mol. The summed E-state index contributed by atoms with van der Waals surface area (Å²) in [6.07, 6.45) is 4.77. The lowest BCUT2D eigenvalue weighted by Crippen LogP contribution is -2.42. The van der Waals surface area contributed by atoms with Crippen molar-refractivity contribution >= 4 is 5.91 Å². The standard InChI is InChI=1S/C13H26N2O/c1-10(7-8-14)12(16)15-9-13(2,3)11-5-4-6-11/h10-11H,4-9,14H2,1-3H3,(H,15,16). The number of nitrogens with one attached hydrogen (secondary N) is 1. The second kappa shape index (κ2) is 5.67. The fourth-order valence-electron chi connectivity index (χ4n) is 2.20. The zero-order valence-electron chi connectivity index (χ0n) is 10.9. The van der Waals surface area contributed by atoms with Crippen molar-refractivity contribution in [3.63, 3.8) is 0 Å². The SMILES string of the molecule is CC(CCN)C(=O)NCC(C)(C)C1CCC1. The largest absolute Gasteiger partial charge is 0.355 e. The predicted octanol–water partition coefficient (Wildman–Crippen LogP) is 1.91. The summed E-state index contributed by atoms with van der Waals surface area (Å²) in [6, 6.07) is 0. The summed E-state index contributed by atoms with van der Waals surface area (Å²) in [6.45, 7) is 7.83. The number of hydrogen-bond acceptors (Lipinski definition) is 2. The molecule has 1 atom stereocenters. The van der Waals surface area contributed by atoms with Gasteiger partial charge >= 0.3 is 0 Å². The highest BCUT2D eigenvalue weighted by Gasteiger charge is 2.34. The molecule has 0 aromatic rings. The van der Waals surface area contributed by atoms with Crippen molar-refractivity contribution < 1.29 is 4.79 Å². The molecule has 1 aliphatic carbocycles. The van der Waals surface area contributed by atoms with Crippen LogP contribution >= 0.6 is 0 Å². The van der Waals surface area contributed by atoms with Crippen molar-refractivity contribution in [1.82, 2.24) is 5.32 Å². The molecule has 16 heavy (non-hydrogen) atoms. The highest BCUT2D eigenvalue weighted by molar-refractivity contribution is 5.78. The minimum atomic E-state index is 0.0437. The van der Waals surface area contributed by atoms with Crippen LogP contribution in [0.4, 0.5) is 0 Å². The van der Waals surface area contributed by atoms with Crippen LogP contribution in [0, 0.1) is 17.3 Å². The Morgan fingerprint density at radius 2 is 2.12 bits per heavy atom. The molecule has 0 aromatic carbocycles. The highest BCUT2D eigenvalue weighted by atomic mass is 16.1. The van der Waals surface area contributed by atoms with E-state index >= 15 is 0 Å². The van der Waals surface area contributed by atoms with Crippen molar-refractivity contribution in [2.45, 2.75) is 46.5 Å². The summed E-state index contributed by atoms with van der Waals surface area (Å²) < 4.78 is 0. The summed E-state index contributed by atoms with van der Waals surface area (Å²) in [7, 11) is 0. The van der Waals surface area contributed by atoms with Crippen molar-refractivity contribution in [1.29, 1.82) is 0 Å². The first kappa shape index (κ1) is 13.5. The summed E-state index contributed by atoms with van der Waals surface area (Å²) in [5.74, 6) is 0.984. The molecule has 0 heterocycles. The van der Waals surface area contributed by atoms with Crippen molar-refractivity contribution in [2.24, 2.45) is 23.0 Å². The molecule has 0 saturated heterocycles. The van der Waals surface area contributed by atoms with Gasteiger partial charge in [0, 0.05) is 12.5 Å². The Kier molecular flexibility index (Phi) is 4.78. The van der Waals surface area contributed by atoms with E-state index in [9.17, 15) is 4.79 Å². The number of rotatable bonds is 6. The summed E-state index contributed by atoms with van der Waals surface area (Å²) in [4.78, 5) is 11.7. The van der Waals surface area contributed by atoms with Crippen LogP contribution in [0.2, 0.25) is 0 Å². The first-order valence-corrected chi connectivity index (χ1v) is 6.45. The maximum atomic E-state index is 11.7. The molecule has 1 aliphatic rings. The lowest BCUT2D eigenvalue weighted by Gasteiger charge is -2.40. The van der Waals surface area contributed by atoms with Gasteiger partial charge in [0.1, 0.15) is 0 Å². The predicted molar refractivity (Wildman–Crippen MR) is 67.0 cm³/mol. The minimum absolute atomic E-state index is 0.0437. The van der Waals surface area contributed by atoms with E-state index in [-0.39, 0.29) is 17.2 Å². The van der Waals surface area contributed by atoms with Crippen molar-refractivity contribution in [3.8, 4) is 0 Å². The first-order chi connectivity index (χ1) is 7.47. The Bertz CT molecular complexity index is 234. The van der Waals surface area contributed by atoms with Crippen LogP contribution in [0.3, 0.4) is 0 Å². The smallest absolute Gasteiger partial charge is 0.222 e. The molecule has 0 aromatic heterocycles. The second-order valence-corrected chi connectivity index (χ2v) is 5.81. The highest BCUT2D eigenvalue weighted by Crippen LogP contribution is 2.41. The quantitative estimate of drug-likeness (QED) is 0.727. The minimum Gasteiger partial charge on any atom is -0.355 e. The molecule has 1 unspecified atom stereocenters. The van der Waals surface area contributed by atoms with Gasteiger partial charge in [-0.05, 0) is 37.1 Å². The molecule has 94 valence electrons. The molecule has 3 N–H and O–H groups in total. The Morgan fingerprint density at radius 1 is 1.50 bits per heavy atom. The van der Waals surface area contributed by atoms with E-state index in [0.717, 1.165) is 18.9 Å². The van der Waals surface area contributed by atoms with Crippen LogP contribution in [-0.2, 0) is 4.79 Å². The molecule has 1 saturated carbocycles. The van der Waals surface area contributed by atoms with Gasteiger partial charge in [-0.25, -0.2) is 0 Å². The first-order valence-electron chi connectivity index (χ1n) is 6.45. The third-order valence-corrected chi connectivity index (χ3v) is 3.98. The Morgan fingerprint density at radius 3 is 2.56 bits per heavy atom. The molecule has 0 aliphatic heterocycles. The maximum absolute atomic E-state index is 11.7. The number of nitrogens with two attached hydrogens (primary N) is 1. The molecule has 3 heteroatoms. The van der Waals surface area contributed by atoms with Crippen LogP contribution in [0.1, 0.15) is 46.5 Å². The topological polar surface area (TPSA) is 55.1 Å². The van der Waals surface area contributed by atoms with E-state index in [1.54, 1.807) is 0 Å². The lowest BCUT2D eigenvalue weighted by molar-refractivity contribution is -0.125. The van der Waals surface area contributed by atoms with E-state index < -0.39 is 0 Å². The van der Waals surface area contributed by atoms with Gasteiger partial charge in [0.25, 0.3) is 0 Å². The molecule has 1 amide bonds. The molecule has 1 fully saturated rings. The zero-order chi connectivity index (χ0) is 12.2. The average Bonchev–Trinajstić information content (AvgIpc) is 2.11. The Labute approximate surface area is 99.2 Å². The van der Waals surface area contributed by atoms with Gasteiger partial charge in [-0.2, -0.15) is 0 Å². The number of amides is 1. The second-order valence-electron chi connectivity index (χ2n) is 5.81. The van der Waals surface area contributed by atoms with Gasteiger partial charge in [0.05, 0.1) is 0 Å². The summed E-state index contributed by atoms with van der Waals surface area (Å²) in [5.41, 5.74) is 5.69. The van der Waals surface area contributed by atoms with Crippen LogP contribution in [0.5, 0.6) is 0 Å². The van der Waals surface area contributed by atoms with Gasteiger partial charge in [-0.1, -0.05) is 27.2 Å². The fourth-order valence-corrected chi connectivity index (χ4v) is 2.20. The molecule has 1 rings (SSSR count). The molecule has 3 nitrogen and oxygen atoms in total. The lowest BCUT2D eigenvalue weighted by atomic mass is 9.67. The van der Waals surface area contributed by atoms with Crippen molar-refractivity contribution in [3.05, 3.63) is 0 Å². The maximum Gasteiger partial charge on any atom is 0.222 e. The summed E-state index contributed by atoms with van der Waals surface area (Å²) in [5, 5.41) is 3.06. The molecule has 0 radical (unpaired) electrons. The third-order valence-electron chi connectivity index (χ3n) is 3.98. The zero-order valence-corrected chi connectivity index (χ0v) is 10.9. The van der Waals surface area contributed by atoms with E-state index in [1.165, 1.54) is 19.3 Å². The Hall–Kier alpha value is -0.570.